The van der Waals surface area contributed by atoms with Crippen molar-refractivity contribution in [2.75, 3.05) is 43.6 Å². The molecular formula is C24H31N3O4S. The van der Waals surface area contributed by atoms with Crippen molar-refractivity contribution in [3.8, 4) is 11.5 Å². The number of ether oxygens (including phenoxy) is 2. The molecule has 0 aromatic heterocycles. The van der Waals surface area contributed by atoms with Gasteiger partial charge in [0.05, 0.1) is 7.11 Å². The van der Waals surface area contributed by atoms with Crippen LogP contribution in [-0.2, 0) is 11.3 Å². The molecule has 1 aliphatic heterocycles. The van der Waals surface area contributed by atoms with Crippen molar-refractivity contribution in [3.63, 3.8) is 0 Å². The van der Waals surface area contributed by atoms with E-state index < -0.39 is 0 Å². The maximum Gasteiger partial charge on any atom is 0.258 e. The third-order valence-electron chi connectivity index (χ3n) is 4.93. The molecule has 0 spiro atoms. The van der Waals surface area contributed by atoms with E-state index in [4.69, 9.17) is 9.47 Å². The summed E-state index contributed by atoms with van der Waals surface area (Å²) in [6.45, 7) is 6.71. The zero-order valence-electron chi connectivity index (χ0n) is 18.8. The van der Waals surface area contributed by atoms with Gasteiger partial charge < -0.3 is 20.1 Å². The standard InChI is InChI=1S/C24H31N3O4S/c1-17(2)25-23(28)16-31-21-8-7-19(14-22(21)30-3)24(29)26-20-6-4-5-18(13-20)15-27-9-11-32-12-10-27/h4-8,13-14,17H,9-12,15-16H2,1-3H3,(H,25,28)(H,26,29). The topological polar surface area (TPSA) is 79.9 Å². The maximum atomic E-state index is 12.8. The largest absolute Gasteiger partial charge is 0.493 e. The highest BCUT2D eigenvalue weighted by molar-refractivity contribution is 7.99. The number of methoxy groups -OCH3 is 1. The van der Waals surface area contributed by atoms with E-state index in [0.717, 1.165) is 25.3 Å². The summed E-state index contributed by atoms with van der Waals surface area (Å²) in [6.07, 6.45) is 0. The van der Waals surface area contributed by atoms with E-state index in [1.54, 1.807) is 18.2 Å². The Balaban J connectivity index is 1.62. The lowest BCUT2D eigenvalue weighted by Gasteiger charge is -2.26. The fraction of sp³-hybridized carbons (Fsp3) is 0.417. The highest BCUT2D eigenvalue weighted by Crippen LogP contribution is 2.28. The highest BCUT2D eigenvalue weighted by Gasteiger charge is 2.14. The van der Waals surface area contributed by atoms with Gasteiger partial charge >= 0.3 is 0 Å². The van der Waals surface area contributed by atoms with Crippen LogP contribution in [0.3, 0.4) is 0 Å². The van der Waals surface area contributed by atoms with Crippen LogP contribution in [0.15, 0.2) is 42.5 Å². The zero-order chi connectivity index (χ0) is 22.9. The monoisotopic (exact) mass is 457 g/mol. The van der Waals surface area contributed by atoms with Gasteiger partial charge in [-0.2, -0.15) is 11.8 Å². The number of hydrogen-bond donors (Lipinski definition) is 2. The van der Waals surface area contributed by atoms with Crippen molar-refractivity contribution in [1.29, 1.82) is 0 Å². The van der Waals surface area contributed by atoms with E-state index >= 15 is 0 Å². The lowest BCUT2D eigenvalue weighted by molar-refractivity contribution is -0.123. The van der Waals surface area contributed by atoms with Crippen molar-refractivity contribution in [2.24, 2.45) is 0 Å². The molecule has 172 valence electrons. The van der Waals surface area contributed by atoms with E-state index in [9.17, 15) is 9.59 Å². The van der Waals surface area contributed by atoms with Gasteiger partial charge in [0.1, 0.15) is 0 Å². The first-order valence-corrected chi connectivity index (χ1v) is 11.9. The first kappa shape index (κ1) is 23.9. The van der Waals surface area contributed by atoms with Crippen LogP contribution in [0.5, 0.6) is 11.5 Å². The van der Waals surface area contributed by atoms with Gasteiger partial charge in [-0.15, -0.1) is 0 Å². The maximum absolute atomic E-state index is 12.8. The Kier molecular flexibility index (Phi) is 8.81. The summed E-state index contributed by atoms with van der Waals surface area (Å²) in [5.74, 6) is 2.68. The number of carbonyl (C=O) groups is 2. The van der Waals surface area contributed by atoms with Gasteiger partial charge in [0, 0.05) is 48.4 Å². The van der Waals surface area contributed by atoms with Gasteiger partial charge in [-0.1, -0.05) is 12.1 Å². The molecule has 8 heteroatoms. The Morgan fingerprint density at radius 2 is 1.88 bits per heavy atom. The van der Waals surface area contributed by atoms with Crippen molar-refractivity contribution in [1.82, 2.24) is 10.2 Å². The summed E-state index contributed by atoms with van der Waals surface area (Å²) in [4.78, 5) is 27.0. The van der Waals surface area contributed by atoms with Gasteiger partial charge in [-0.25, -0.2) is 0 Å². The van der Waals surface area contributed by atoms with Crippen molar-refractivity contribution >= 4 is 29.3 Å². The number of amides is 2. The molecule has 2 aromatic carbocycles. The second-order valence-corrected chi connectivity index (χ2v) is 9.14. The number of anilines is 1. The second kappa shape index (κ2) is 11.8. The van der Waals surface area contributed by atoms with Crippen LogP contribution < -0.4 is 20.1 Å². The van der Waals surface area contributed by atoms with Crippen LogP contribution in [0.1, 0.15) is 29.8 Å². The molecule has 0 unspecified atom stereocenters. The molecule has 0 radical (unpaired) electrons. The third kappa shape index (κ3) is 7.17. The number of carbonyl (C=O) groups excluding carboxylic acids is 2. The number of benzene rings is 2. The van der Waals surface area contributed by atoms with Crippen molar-refractivity contribution in [2.45, 2.75) is 26.4 Å². The number of nitrogens with one attached hydrogen (secondary N) is 2. The third-order valence-corrected chi connectivity index (χ3v) is 5.87. The smallest absolute Gasteiger partial charge is 0.258 e. The number of thioether (sulfide) groups is 1. The number of hydrogen-bond acceptors (Lipinski definition) is 6. The molecule has 32 heavy (non-hydrogen) atoms. The Hall–Kier alpha value is -2.71. The van der Waals surface area contributed by atoms with Gasteiger partial charge in [-0.3, -0.25) is 14.5 Å². The van der Waals surface area contributed by atoms with Crippen molar-refractivity contribution < 1.29 is 19.1 Å². The Morgan fingerprint density at radius 1 is 1.09 bits per heavy atom. The van der Waals surface area contributed by atoms with Gasteiger partial charge in [-0.05, 0) is 49.7 Å². The van der Waals surface area contributed by atoms with Gasteiger partial charge in [0.15, 0.2) is 18.1 Å². The highest BCUT2D eigenvalue weighted by atomic mass is 32.2. The molecule has 7 nitrogen and oxygen atoms in total. The normalized spacial score (nSPS) is 14.1. The lowest BCUT2D eigenvalue weighted by Crippen LogP contribution is -2.34. The predicted molar refractivity (Wildman–Crippen MR) is 129 cm³/mol. The molecule has 2 amide bonds. The van der Waals surface area contributed by atoms with Gasteiger partial charge in [0.25, 0.3) is 11.8 Å². The van der Waals surface area contributed by atoms with Crippen LogP contribution in [0.4, 0.5) is 5.69 Å². The molecule has 0 atom stereocenters. The molecule has 1 aliphatic rings. The summed E-state index contributed by atoms with van der Waals surface area (Å²) < 4.78 is 10.9. The molecule has 1 heterocycles. The van der Waals surface area contributed by atoms with E-state index in [2.05, 4.69) is 21.6 Å². The van der Waals surface area contributed by atoms with E-state index in [-0.39, 0.29) is 24.5 Å². The summed E-state index contributed by atoms with van der Waals surface area (Å²) in [5.41, 5.74) is 2.37. The molecule has 1 saturated heterocycles. The van der Waals surface area contributed by atoms with E-state index in [0.29, 0.717) is 17.1 Å². The zero-order valence-corrected chi connectivity index (χ0v) is 19.7. The average molecular weight is 458 g/mol. The van der Waals surface area contributed by atoms with Gasteiger partial charge in [0.2, 0.25) is 0 Å². The molecule has 0 saturated carbocycles. The average Bonchev–Trinajstić information content (AvgIpc) is 2.78. The first-order valence-electron chi connectivity index (χ1n) is 10.7. The Morgan fingerprint density at radius 3 is 2.59 bits per heavy atom. The second-order valence-electron chi connectivity index (χ2n) is 7.92. The minimum absolute atomic E-state index is 0.0384. The first-order chi connectivity index (χ1) is 15.4. The summed E-state index contributed by atoms with van der Waals surface area (Å²) in [5, 5.41) is 5.72. The number of rotatable bonds is 9. The summed E-state index contributed by atoms with van der Waals surface area (Å²) >= 11 is 1.99. The minimum Gasteiger partial charge on any atom is -0.493 e. The van der Waals surface area contributed by atoms with Crippen LogP contribution >= 0.6 is 11.8 Å². The quantitative estimate of drug-likeness (QED) is 0.601. The molecule has 2 aromatic rings. The predicted octanol–water partition coefficient (Wildman–Crippen LogP) is 3.40. The summed E-state index contributed by atoms with van der Waals surface area (Å²) in [6, 6.07) is 12.9. The molecule has 0 bridgehead atoms. The molecular weight excluding hydrogens is 426 g/mol. The van der Waals surface area contributed by atoms with Crippen LogP contribution in [0.25, 0.3) is 0 Å². The fourth-order valence-electron chi connectivity index (χ4n) is 3.40. The van der Waals surface area contributed by atoms with Crippen LogP contribution in [-0.4, -0.2) is 61.1 Å². The van der Waals surface area contributed by atoms with E-state index in [1.807, 2.05) is 43.8 Å². The Bertz CT molecular complexity index is 929. The lowest BCUT2D eigenvalue weighted by atomic mass is 10.1. The van der Waals surface area contributed by atoms with Crippen LogP contribution in [0, 0.1) is 0 Å². The summed E-state index contributed by atoms with van der Waals surface area (Å²) in [7, 11) is 1.50. The molecule has 0 aliphatic carbocycles. The molecule has 1 fully saturated rings. The molecule has 3 rings (SSSR count). The number of nitrogens with zero attached hydrogens (tertiary/aromatic N) is 1. The van der Waals surface area contributed by atoms with Crippen LogP contribution in [0.2, 0.25) is 0 Å². The van der Waals surface area contributed by atoms with E-state index in [1.165, 1.54) is 24.2 Å². The minimum atomic E-state index is -0.237. The Labute approximate surface area is 193 Å². The SMILES string of the molecule is COc1cc(C(=O)Nc2cccc(CN3CCSCC3)c2)ccc1OCC(=O)NC(C)C. The fourth-order valence-corrected chi connectivity index (χ4v) is 4.38. The van der Waals surface area contributed by atoms with Crippen molar-refractivity contribution in [3.05, 3.63) is 53.6 Å². The molecule has 2 N–H and O–H groups in total.